The van der Waals surface area contributed by atoms with Crippen molar-refractivity contribution in [3.8, 4) is 0 Å². The van der Waals surface area contributed by atoms with E-state index in [9.17, 15) is 0 Å². The van der Waals surface area contributed by atoms with E-state index >= 15 is 0 Å². The number of hydrogen-bond acceptors (Lipinski definition) is 2. The molecule has 2 nitrogen and oxygen atoms in total. The Morgan fingerprint density at radius 1 is 1.46 bits per heavy atom. The summed E-state index contributed by atoms with van der Waals surface area (Å²) in [4.78, 5) is 2.41. The zero-order chi connectivity index (χ0) is 9.52. The van der Waals surface area contributed by atoms with Crippen molar-refractivity contribution in [2.45, 2.75) is 32.6 Å². The summed E-state index contributed by atoms with van der Waals surface area (Å²) < 4.78 is 5.64. The van der Waals surface area contributed by atoms with E-state index in [1.807, 2.05) is 0 Å². The van der Waals surface area contributed by atoms with Crippen molar-refractivity contribution >= 4 is 0 Å². The lowest BCUT2D eigenvalue weighted by molar-refractivity contribution is 0.0660. The normalized spacial score (nSPS) is 24.9. The number of likely N-dealkylation sites (tertiary alicyclic amines) is 1. The lowest BCUT2D eigenvalue weighted by Gasteiger charge is -2.29. The Bertz CT molecular complexity index is 127. The van der Waals surface area contributed by atoms with Crippen LogP contribution in [0.4, 0.5) is 0 Å². The van der Waals surface area contributed by atoms with Gasteiger partial charge >= 0.3 is 0 Å². The molecule has 0 aromatic heterocycles. The summed E-state index contributed by atoms with van der Waals surface area (Å²) in [6.45, 7) is 6.64. The Labute approximate surface area is 82.3 Å². The molecule has 0 amide bonds. The highest BCUT2D eigenvalue weighted by Gasteiger charge is 2.16. The fourth-order valence-electron chi connectivity index (χ4n) is 1.91. The Balaban J connectivity index is 2.00. The number of unbranched alkanes of at least 4 members (excludes halogenated alkanes) is 1. The van der Waals surface area contributed by atoms with Crippen LogP contribution in [0.3, 0.4) is 0 Å². The monoisotopic (exact) mass is 185 g/mol. The van der Waals surface area contributed by atoms with Gasteiger partial charge in [0.25, 0.3) is 0 Å². The standard InChI is InChI=1S/C11H23NO/c1-3-4-8-13-10-11-6-5-7-12(2)9-11/h11H,3-10H2,1-2H3. The molecule has 0 aromatic rings. The van der Waals surface area contributed by atoms with Crippen molar-refractivity contribution < 1.29 is 4.74 Å². The molecule has 0 aromatic carbocycles. The van der Waals surface area contributed by atoms with Gasteiger partial charge in [-0.25, -0.2) is 0 Å². The lowest BCUT2D eigenvalue weighted by atomic mass is 10.00. The van der Waals surface area contributed by atoms with Crippen LogP contribution in [0, 0.1) is 5.92 Å². The second kappa shape index (κ2) is 6.39. The van der Waals surface area contributed by atoms with Crippen LogP contribution in [0.2, 0.25) is 0 Å². The molecule has 0 aliphatic carbocycles. The SMILES string of the molecule is CCCCOCC1CCCN(C)C1. The molecule has 0 N–H and O–H groups in total. The average Bonchev–Trinajstić information content (AvgIpc) is 2.13. The smallest absolute Gasteiger partial charge is 0.0506 e. The molecule has 0 spiro atoms. The predicted molar refractivity (Wildman–Crippen MR) is 55.9 cm³/mol. The van der Waals surface area contributed by atoms with Gasteiger partial charge < -0.3 is 9.64 Å². The van der Waals surface area contributed by atoms with Gasteiger partial charge in [-0.3, -0.25) is 0 Å². The molecule has 1 heterocycles. The van der Waals surface area contributed by atoms with Crippen molar-refractivity contribution in [3.05, 3.63) is 0 Å². The van der Waals surface area contributed by atoms with Crippen LogP contribution in [0.5, 0.6) is 0 Å². The van der Waals surface area contributed by atoms with Gasteiger partial charge in [0.2, 0.25) is 0 Å². The first-order valence-electron chi connectivity index (χ1n) is 5.59. The quantitative estimate of drug-likeness (QED) is 0.608. The Morgan fingerprint density at radius 3 is 3.00 bits per heavy atom. The Kier molecular flexibility index (Phi) is 5.40. The minimum Gasteiger partial charge on any atom is -0.381 e. The summed E-state index contributed by atoms with van der Waals surface area (Å²) in [5.41, 5.74) is 0. The van der Waals surface area contributed by atoms with Gasteiger partial charge in [-0.1, -0.05) is 13.3 Å². The van der Waals surface area contributed by atoms with E-state index in [1.54, 1.807) is 0 Å². The molecule has 0 saturated carbocycles. The summed E-state index contributed by atoms with van der Waals surface area (Å²) in [6.07, 6.45) is 5.15. The average molecular weight is 185 g/mol. The molecule has 1 fully saturated rings. The van der Waals surface area contributed by atoms with E-state index in [0.717, 1.165) is 19.1 Å². The van der Waals surface area contributed by atoms with E-state index in [-0.39, 0.29) is 0 Å². The first-order valence-corrected chi connectivity index (χ1v) is 5.59. The van der Waals surface area contributed by atoms with Gasteiger partial charge in [0.1, 0.15) is 0 Å². The highest BCUT2D eigenvalue weighted by atomic mass is 16.5. The highest BCUT2D eigenvalue weighted by molar-refractivity contribution is 4.69. The summed E-state index contributed by atoms with van der Waals surface area (Å²) in [5.74, 6) is 0.788. The van der Waals surface area contributed by atoms with Gasteiger partial charge in [-0.15, -0.1) is 0 Å². The van der Waals surface area contributed by atoms with Crippen LogP contribution in [-0.4, -0.2) is 38.3 Å². The van der Waals surface area contributed by atoms with E-state index in [2.05, 4.69) is 18.9 Å². The lowest BCUT2D eigenvalue weighted by Crippen LogP contribution is -2.34. The maximum Gasteiger partial charge on any atom is 0.0506 e. The molecule has 78 valence electrons. The summed E-state index contributed by atoms with van der Waals surface area (Å²) in [7, 11) is 2.21. The maximum absolute atomic E-state index is 5.64. The van der Waals surface area contributed by atoms with Crippen LogP contribution in [0.25, 0.3) is 0 Å². The Morgan fingerprint density at radius 2 is 2.31 bits per heavy atom. The molecular weight excluding hydrogens is 162 g/mol. The summed E-state index contributed by atoms with van der Waals surface area (Å²) >= 11 is 0. The van der Waals surface area contributed by atoms with Crippen LogP contribution in [0.15, 0.2) is 0 Å². The molecule has 0 radical (unpaired) electrons. The number of nitrogens with zero attached hydrogens (tertiary/aromatic N) is 1. The summed E-state index contributed by atoms with van der Waals surface area (Å²) in [5, 5.41) is 0. The second-order valence-electron chi connectivity index (χ2n) is 4.20. The minimum absolute atomic E-state index is 0.788. The molecule has 1 atom stereocenters. The topological polar surface area (TPSA) is 12.5 Å². The molecular formula is C11H23NO. The third kappa shape index (κ3) is 4.63. The van der Waals surface area contributed by atoms with E-state index in [4.69, 9.17) is 4.74 Å². The molecule has 13 heavy (non-hydrogen) atoms. The van der Waals surface area contributed by atoms with Gasteiger partial charge in [-0.05, 0) is 38.8 Å². The minimum atomic E-state index is 0.788. The largest absolute Gasteiger partial charge is 0.381 e. The maximum atomic E-state index is 5.64. The van der Waals surface area contributed by atoms with Crippen LogP contribution < -0.4 is 0 Å². The molecule has 2 heteroatoms. The Hall–Kier alpha value is -0.0800. The van der Waals surface area contributed by atoms with Crippen molar-refractivity contribution in [1.29, 1.82) is 0 Å². The molecule has 1 unspecified atom stereocenters. The fourth-order valence-corrected chi connectivity index (χ4v) is 1.91. The first-order chi connectivity index (χ1) is 6.33. The number of rotatable bonds is 5. The molecule has 1 aliphatic rings. The molecule has 1 aliphatic heterocycles. The summed E-state index contributed by atoms with van der Waals surface area (Å²) in [6, 6.07) is 0. The van der Waals surface area contributed by atoms with Crippen LogP contribution >= 0.6 is 0 Å². The van der Waals surface area contributed by atoms with Crippen molar-refractivity contribution in [1.82, 2.24) is 4.90 Å². The molecule has 0 bridgehead atoms. The fraction of sp³-hybridized carbons (Fsp3) is 1.00. The van der Waals surface area contributed by atoms with Gasteiger partial charge in [0.15, 0.2) is 0 Å². The van der Waals surface area contributed by atoms with Crippen LogP contribution in [0.1, 0.15) is 32.6 Å². The van der Waals surface area contributed by atoms with E-state index in [0.29, 0.717) is 0 Å². The highest BCUT2D eigenvalue weighted by Crippen LogP contribution is 2.15. The molecule has 1 rings (SSSR count). The third-order valence-electron chi connectivity index (χ3n) is 2.72. The first kappa shape index (κ1) is 11.0. The van der Waals surface area contributed by atoms with E-state index < -0.39 is 0 Å². The van der Waals surface area contributed by atoms with Gasteiger partial charge in [-0.2, -0.15) is 0 Å². The number of ether oxygens (including phenoxy) is 1. The second-order valence-corrected chi connectivity index (χ2v) is 4.20. The zero-order valence-electron chi connectivity index (χ0n) is 9.09. The van der Waals surface area contributed by atoms with Gasteiger partial charge in [0.05, 0.1) is 6.61 Å². The van der Waals surface area contributed by atoms with Crippen molar-refractivity contribution in [3.63, 3.8) is 0 Å². The van der Waals surface area contributed by atoms with Crippen LogP contribution in [-0.2, 0) is 4.74 Å². The number of piperidine rings is 1. The predicted octanol–water partition coefficient (Wildman–Crippen LogP) is 2.14. The van der Waals surface area contributed by atoms with E-state index in [1.165, 1.54) is 38.8 Å². The van der Waals surface area contributed by atoms with Crippen molar-refractivity contribution in [2.75, 3.05) is 33.4 Å². The molecule has 1 saturated heterocycles. The van der Waals surface area contributed by atoms with Gasteiger partial charge in [0, 0.05) is 13.2 Å². The number of hydrogen-bond donors (Lipinski definition) is 0. The van der Waals surface area contributed by atoms with Crippen molar-refractivity contribution in [2.24, 2.45) is 5.92 Å². The third-order valence-corrected chi connectivity index (χ3v) is 2.72. The zero-order valence-corrected chi connectivity index (χ0v) is 9.09.